The van der Waals surface area contributed by atoms with Gasteiger partial charge in [-0.1, -0.05) is 18.1 Å². The van der Waals surface area contributed by atoms with Crippen LogP contribution in [0.15, 0.2) is 53.9 Å². The van der Waals surface area contributed by atoms with Crippen LogP contribution < -0.4 is 11.1 Å². The number of nitrogens with one attached hydrogen (secondary N) is 1. The number of nitrogens with zero attached hydrogens (tertiary/aromatic N) is 5. The summed E-state index contributed by atoms with van der Waals surface area (Å²) in [7, 11) is 0. The molecule has 1 aliphatic carbocycles. The molecule has 0 saturated heterocycles. The number of carbonyl (C=O) groups excluding carboxylic acids is 1. The Kier molecular flexibility index (Phi) is 6.99. The number of nitrogens with two attached hydrogens (primary N) is 1. The van der Waals surface area contributed by atoms with E-state index in [4.69, 9.17) is 11.3 Å². The van der Waals surface area contributed by atoms with Gasteiger partial charge in [-0.25, -0.2) is 18.2 Å². The predicted molar refractivity (Wildman–Crippen MR) is 124 cm³/mol. The van der Waals surface area contributed by atoms with Gasteiger partial charge in [0.05, 0.1) is 23.5 Å². The van der Waals surface area contributed by atoms with Gasteiger partial charge in [-0.3, -0.25) is 9.78 Å². The number of halogens is 3. The van der Waals surface area contributed by atoms with Crippen LogP contribution in [-0.4, -0.2) is 28.0 Å². The van der Waals surface area contributed by atoms with E-state index in [-0.39, 0.29) is 29.6 Å². The smallest absolute Gasteiger partial charge is 0.274 e. The Labute approximate surface area is 199 Å². The first-order chi connectivity index (χ1) is 16.8. The average molecular weight is 481 g/mol. The minimum absolute atomic E-state index is 0.0216. The topological polar surface area (TPSA) is 130 Å². The summed E-state index contributed by atoms with van der Waals surface area (Å²) in [6.07, 6.45) is 4.28. The van der Waals surface area contributed by atoms with E-state index >= 15 is 0 Å². The first-order valence-electron chi connectivity index (χ1n) is 11.0. The highest BCUT2D eigenvalue weighted by molar-refractivity contribution is 6.03. The van der Waals surface area contributed by atoms with Crippen LogP contribution >= 0.6 is 0 Å². The molecule has 2 heterocycles. The van der Waals surface area contributed by atoms with E-state index in [0.29, 0.717) is 18.5 Å². The maximum atomic E-state index is 14.4. The minimum atomic E-state index is -0.995. The number of amides is 1. The highest BCUT2D eigenvalue weighted by atomic mass is 19.1. The molecule has 1 aromatic carbocycles. The van der Waals surface area contributed by atoms with Crippen molar-refractivity contribution in [2.24, 2.45) is 16.8 Å². The molecule has 8 nitrogen and oxygen atoms in total. The molecule has 180 valence electrons. The van der Waals surface area contributed by atoms with E-state index in [0.717, 1.165) is 35.9 Å². The SMILES string of the molecule is C[C@@H]1C[C@H](c2ccncc2NC(=O)c2ccc(F)c(-c3c(F)cccc3F)n2)C[C@H](N)C1N=[N+]=[N-]. The summed E-state index contributed by atoms with van der Waals surface area (Å²) in [4.78, 5) is 23.9. The van der Waals surface area contributed by atoms with Crippen molar-refractivity contribution in [1.29, 1.82) is 0 Å². The van der Waals surface area contributed by atoms with Gasteiger partial charge in [-0.15, -0.1) is 0 Å². The maximum absolute atomic E-state index is 14.4. The molecule has 0 bridgehead atoms. The molecule has 35 heavy (non-hydrogen) atoms. The second kappa shape index (κ2) is 10.1. The Morgan fingerprint density at radius 1 is 1.14 bits per heavy atom. The van der Waals surface area contributed by atoms with Crippen molar-refractivity contribution in [2.75, 3.05) is 5.32 Å². The van der Waals surface area contributed by atoms with Gasteiger partial charge in [0.25, 0.3) is 5.91 Å². The van der Waals surface area contributed by atoms with E-state index < -0.39 is 34.6 Å². The predicted octanol–water partition coefficient (Wildman–Crippen LogP) is 5.33. The standard InChI is InChI=1S/C24H22F3N7O/c1-12-9-13(10-18(28)22(12)33-34-29)14-7-8-30-11-20(14)32-24(35)19-6-5-17(27)23(31-19)21-15(25)3-2-4-16(21)26/h2-8,11-13,18,22H,9-10,28H2,1H3,(H,32,35)/t12-,13+,18+,22?/m1/s1. The number of hydrogen-bond acceptors (Lipinski definition) is 5. The summed E-state index contributed by atoms with van der Waals surface area (Å²) in [6.45, 7) is 1.95. The monoisotopic (exact) mass is 481 g/mol. The number of benzene rings is 1. The zero-order valence-electron chi connectivity index (χ0n) is 18.7. The van der Waals surface area contributed by atoms with Crippen molar-refractivity contribution >= 4 is 11.6 Å². The van der Waals surface area contributed by atoms with Crippen LogP contribution in [-0.2, 0) is 0 Å². The molecule has 2 aromatic heterocycles. The lowest BCUT2D eigenvalue weighted by Crippen LogP contribution is -2.43. The van der Waals surface area contributed by atoms with Gasteiger partial charge >= 0.3 is 0 Å². The van der Waals surface area contributed by atoms with Gasteiger partial charge in [0.2, 0.25) is 0 Å². The number of anilines is 1. The quantitative estimate of drug-likeness (QED) is 0.290. The van der Waals surface area contributed by atoms with E-state index in [1.165, 1.54) is 6.20 Å². The molecule has 0 radical (unpaired) electrons. The lowest BCUT2D eigenvalue weighted by Gasteiger charge is -2.37. The molecule has 1 fully saturated rings. The molecule has 0 spiro atoms. The lowest BCUT2D eigenvalue weighted by molar-refractivity contribution is 0.102. The summed E-state index contributed by atoms with van der Waals surface area (Å²) in [5.74, 6) is -3.67. The fourth-order valence-electron chi connectivity index (χ4n) is 4.61. The molecular formula is C24H22F3N7O. The third kappa shape index (κ3) is 4.96. The fourth-order valence-corrected chi connectivity index (χ4v) is 4.61. The lowest BCUT2D eigenvalue weighted by atomic mass is 9.73. The Morgan fingerprint density at radius 3 is 2.57 bits per heavy atom. The van der Waals surface area contributed by atoms with Crippen LogP contribution in [0.1, 0.15) is 41.7 Å². The molecule has 1 saturated carbocycles. The zero-order valence-corrected chi connectivity index (χ0v) is 18.7. The average Bonchev–Trinajstić information content (AvgIpc) is 2.82. The Hall–Kier alpha value is -3.95. The molecule has 4 atom stereocenters. The number of hydrogen-bond donors (Lipinski definition) is 2. The van der Waals surface area contributed by atoms with Crippen molar-refractivity contribution in [3.8, 4) is 11.3 Å². The molecule has 0 aliphatic heterocycles. The van der Waals surface area contributed by atoms with Gasteiger partial charge in [0.1, 0.15) is 28.8 Å². The number of pyridine rings is 2. The van der Waals surface area contributed by atoms with Gasteiger partial charge in [-0.05, 0) is 66.1 Å². The Bertz CT molecular complexity index is 1280. The van der Waals surface area contributed by atoms with Crippen LogP contribution in [0, 0.1) is 23.4 Å². The molecule has 3 aromatic rings. The molecule has 4 rings (SSSR count). The van der Waals surface area contributed by atoms with Crippen molar-refractivity contribution in [3.63, 3.8) is 0 Å². The first-order valence-corrected chi connectivity index (χ1v) is 11.0. The summed E-state index contributed by atoms with van der Waals surface area (Å²) in [6, 6.07) is 6.28. The minimum Gasteiger partial charge on any atom is -0.327 e. The molecule has 3 N–H and O–H groups in total. The molecule has 1 unspecified atom stereocenters. The zero-order chi connectivity index (χ0) is 25.1. The molecule has 11 heteroatoms. The summed E-state index contributed by atoms with van der Waals surface area (Å²) in [5, 5.41) is 6.54. The van der Waals surface area contributed by atoms with Crippen molar-refractivity contribution in [3.05, 3.63) is 87.9 Å². The van der Waals surface area contributed by atoms with Gasteiger partial charge < -0.3 is 11.1 Å². The largest absolute Gasteiger partial charge is 0.327 e. The van der Waals surface area contributed by atoms with Crippen LogP contribution in [0.3, 0.4) is 0 Å². The van der Waals surface area contributed by atoms with E-state index in [2.05, 4.69) is 25.3 Å². The van der Waals surface area contributed by atoms with E-state index in [9.17, 15) is 18.0 Å². The number of carbonyl (C=O) groups is 1. The van der Waals surface area contributed by atoms with Crippen molar-refractivity contribution in [2.45, 2.75) is 37.8 Å². The van der Waals surface area contributed by atoms with Crippen LogP contribution in [0.4, 0.5) is 18.9 Å². The second-order valence-corrected chi connectivity index (χ2v) is 8.55. The first kappa shape index (κ1) is 24.2. The van der Waals surface area contributed by atoms with Crippen molar-refractivity contribution < 1.29 is 18.0 Å². The van der Waals surface area contributed by atoms with Crippen LogP contribution in [0.25, 0.3) is 21.7 Å². The van der Waals surface area contributed by atoms with Gasteiger partial charge in [0.15, 0.2) is 0 Å². The van der Waals surface area contributed by atoms with E-state index in [1.54, 1.807) is 12.3 Å². The third-order valence-electron chi connectivity index (χ3n) is 6.24. The van der Waals surface area contributed by atoms with Crippen LogP contribution in [0.5, 0.6) is 0 Å². The Morgan fingerprint density at radius 2 is 1.89 bits per heavy atom. The molecule has 1 aliphatic rings. The van der Waals surface area contributed by atoms with Crippen LogP contribution in [0.2, 0.25) is 0 Å². The van der Waals surface area contributed by atoms with Crippen molar-refractivity contribution in [1.82, 2.24) is 9.97 Å². The summed E-state index contributed by atoms with van der Waals surface area (Å²) in [5.41, 5.74) is 14.8. The maximum Gasteiger partial charge on any atom is 0.274 e. The number of rotatable bonds is 5. The number of azide groups is 1. The number of aromatic nitrogens is 2. The van der Waals surface area contributed by atoms with E-state index in [1.807, 2.05) is 6.92 Å². The third-order valence-corrected chi connectivity index (χ3v) is 6.24. The molecule has 1 amide bonds. The van der Waals surface area contributed by atoms with Gasteiger partial charge in [-0.2, -0.15) is 0 Å². The fraction of sp³-hybridized carbons (Fsp3) is 0.292. The normalized spacial score (nSPS) is 21.7. The second-order valence-electron chi connectivity index (χ2n) is 8.55. The van der Waals surface area contributed by atoms with Gasteiger partial charge in [0, 0.05) is 17.2 Å². The summed E-state index contributed by atoms with van der Waals surface area (Å²) < 4.78 is 42.8. The Balaban J connectivity index is 1.61. The molecular weight excluding hydrogens is 459 g/mol. The highest BCUT2D eigenvalue weighted by Crippen LogP contribution is 2.39. The highest BCUT2D eigenvalue weighted by Gasteiger charge is 2.34. The summed E-state index contributed by atoms with van der Waals surface area (Å²) >= 11 is 0.